The number of amides is 1. The highest BCUT2D eigenvalue weighted by atomic mass is 32.1. The van der Waals surface area contributed by atoms with E-state index in [1.54, 1.807) is 17.4 Å². The number of nitro benzene ring substituents is 1. The van der Waals surface area contributed by atoms with E-state index in [1.165, 1.54) is 19.2 Å². The number of hydrogen-bond acceptors (Lipinski definition) is 6. The molecule has 0 radical (unpaired) electrons. The molecule has 23 heavy (non-hydrogen) atoms. The Morgan fingerprint density at radius 1 is 1.43 bits per heavy atom. The molecule has 0 unspecified atom stereocenters. The minimum atomic E-state index is -0.548. The summed E-state index contributed by atoms with van der Waals surface area (Å²) >= 11 is 1.60. The normalized spacial score (nSPS) is 10.6. The van der Waals surface area contributed by atoms with Gasteiger partial charge in [0.1, 0.15) is 11.4 Å². The Labute approximate surface area is 137 Å². The minimum absolute atomic E-state index is 0.138. The van der Waals surface area contributed by atoms with E-state index in [4.69, 9.17) is 4.74 Å². The largest absolute Gasteiger partial charge is 0.496 e. The Balaban J connectivity index is 2.00. The molecule has 2 aromatic rings. The van der Waals surface area contributed by atoms with Gasteiger partial charge in [0.15, 0.2) is 0 Å². The van der Waals surface area contributed by atoms with Gasteiger partial charge in [-0.2, -0.15) is 11.3 Å². The second kappa shape index (κ2) is 7.70. The molecule has 1 N–H and O–H groups in total. The molecule has 0 aliphatic heterocycles. The van der Waals surface area contributed by atoms with Crippen LogP contribution < -0.4 is 10.1 Å². The standard InChI is InChI=1S/C15H17N3O4S/c1-17(8-11-5-6-23-10-11)9-15(19)16-13-4-3-12(22-2)7-14(13)18(20)21/h3-7,10H,8-9H2,1-2H3,(H,16,19). The molecular formula is C15H17N3O4S. The number of rotatable bonds is 7. The number of hydrogen-bond donors (Lipinski definition) is 1. The number of ether oxygens (including phenoxy) is 1. The molecule has 0 atom stereocenters. The van der Waals surface area contributed by atoms with Crippen molar-refractivity contribution in [3.8, 4) is 5.75 Å². The van der Waals surface area contributed by atoms with Crippen molar-refractivity contribution < 1.29 is 14.5 Å². The van der Waals surface area contributed by atoms with Gasteiger partial charge in [0.25, 0.3) is 5.69 Å². The van der Waals surface area contributed by atoms with Gasteiger partial charge in [-0.25, -0.2) is 0 Å². The number of thiophene rings is 1. The van der Waals surface area contributed by atoms with Gasteiger partial charge in [-0.15, -0.1) is 0 Å². The predicted molar refractivity (Wildman–Crippen MR) is 88.9 cm³/mol. The fourth-order valence-corrected chi connectivity index (χ4v) is 2.74. The average Bonchev–Trinajstić information content (AvgIpc) is 2.99. The van der Waals surface area contributed by atoms with E-state index in [0.29, 0.717) is 12.3 Å². The van der Waals surface area contributed by atoms with Crippen LogP contribution in [-0.2, 0) is 11.3 Å². The number of likely N-dealkylation sites (N-methyl/N-ethyl adjacent to an activating group) is 1. The fraction of sp³-hybridized carbons (Fsp3) is 0.267. The van der Waals surface area contributed by atoms with E-state index in [2.05, 4.69) is 5.32 Å². The van der Waals surface area contributed by atoms with Crippen LogP contribution in [0.1, 0.15) is 5.56 Å². The molecule has 1 aromatic heterocycles. The number of methoxy groups -OCH3 is 1. The highest BCUT2D eigenvalue weighted by Crippen LogP contribution is 2.28. The molecule has 7 nitrogen and oxygen atoms in total. The molecule has 0 bridgehead atoms. The zero-order valence-electron chi connectivity index (χ0n) is 12.8. The third-order valence-corrected chi connectivity index (χ3v) is 3.85. The molecule has 0 aliphatic carbocycles. The van der Waals surface area contributed by atoms with Gasteiger partial charge in [-0.1, -0.05) is 0 Å². The first-order valence-electron chi connectivity index (χ1n) is 6.81. The average molecular weight is 335 g/mol. The summed E-state index contributed by atoms with van der Waals surface area (Å²) in [5, 5.41) is 17.7. The van der Waals surface area contributed by atoms with Crippen LogP contribution in [0.5, 0.6) is 5.75 Å². The van der Waals surface area contributed by atoms with Crippen molar-refractivity contribution >= 4 is 28.6 Å². The highest BCUT2D eigenvalue weighted by Gasteiger charge is 2.18. The molecule has 0 aliphatic rings. The SMILES string of the molecule is COc1ccc(NC(=O)CN(C)Cc2ccsc2)c([N+](=O)[O-])c1. The van der Waals surface area contributed by atoms with Crippen molar-refractivity contribution in [2.45, 2.75) is 6.54 Å². The van der Waals surface area contributed by atoms with Gasteiger partial charge >= 0.3 is 0 Å². The molecule has 1 aromatic carbocycles. The zero-order valence-corrected chi connectivity index (χ0v) is 13.6. The van der Waals surface area contributed by atoms with Crippen molar-refractivity contribution in [1.82, 2.24) is 4.90 Å². The van der Waals surface area contributed by atoms with Crippen LogP contribution >= 0.6 is 11.3 Å². The van der Waals surface area contributed by atoms with Crippen LogP contribution in [0.4, 0.5) is 11.4 Å². The Morgan fingerprint density at radius 3 is 2.83 bits per heavy atom. The summed E-state index contributed by atoms with van der Waals surface area (Å²) in [6.45, 7) is 0.778. The number of benzene rings is 1. The number of nitrogens with one attached hydrogen (secondary N) is 1. The van der Waals surface area contributed by atoms with Gasteiger partial charge in [-0.3, -0.25) is 19.8 Å². The van der Waals surface area contributed by atoms with Crippen LogP contribution in [0.25, 0.3) is 0 Å². The van der Waals surface area contributed by atoms with Crippen molar-refractivity contribution in [2.24, 2.45) is 0 Å². The van der Waals surface area contributed by atoms with Gasteiger partial charge in [0.2, 0.25) is 5.91 Å². The van der Waals surface area contributed by atoms with Crippen LogP contribution in [0.3, 0.4) is 0 Å². The van der Waals surface area contributed by atoms with E-state index >= 15 is 0 Å². The Hall–Kier alpha value is -2.45. The summed E-state index contributed by atoms with van der Waals surface area (Å²) in [6, 6.07) is 6.31. The third-order valence-electron chi connectivity index (χ3n) is 3.12. The summed E-state index contributed by atoms with van der Waals surface area (Å²) in [5.41, 5.74) is 1.09. The first kappa shape index (κ1) is 16.9. The van der Waals surface area contributed by atoms with E-state index in [0.717, 1.165) is 5.56 Å². The number of carbonyl (C=O) groups is 1. The lowest BCUT2D eigenvalue weighted by Gasteiger charge is -2.15. The molecule has 0 fully saturated rings. The van der Waals surface area contributed by atoms with E-state index in [1.807, 2.05) is 28.8 Å². The lowest BCUT2D eigenvalue weighted by atomic mass is 10.2. The van der Waals surface area contributed by atoms with Crippen LogP contribution in [0.2, 0.25) is 0 Å². The van der Waals surface area contributed by atoms with Gasteiger partial charge < -0.3 is 10.1 Å². The topological polar surface area (TPSA) is 84.7 Å². The van der Waals surface area contributed by atoms with Gasteiger partial charge in [0, 0.05) is 6.54 Å². The quantitative estimate of drug-likeness (QED) is 0.621. The lowest BCUT2D eigenvalue weighted by molar-refractivity contribution is -0.384. The summed E-state index contributed by atoms with van der Waals surface area (Å²) < 4.78 is 4.96. The Kier molecular flexibility index (Phi) is 5.67. The molecular weight excluding hydrogens is 318 g/mol. The van der Waals surface area contributed by atoms with Crippen molar-refractivity contribution in [3.05, 3.63) is 50.7 Å². The maximum atomic E-state index is 12.1. The monoisotopic (exact) mass is 335 g/mol. The molecule has 0 saturated carbocycles. The smallest absolute Gasteiger partial charge is 0.296 e. The van der Waals surface area contributed by atoms with Crippen molar-refractivity contribution in [1.29, 1.82) is 0 Å². The maximum Gasteiger partial charge on any atom is 0.296 e. The zero-order chi connectivity index (χ0) is 16.8. The summed E-state index contributed by atoms with van der Waals surface area (Å²) in [6.07, 6.45) is 0. The number of carbonyl (C=O) groups excluding carboxylic acids is 1. The summed E-state index contributed by atoms with van der Waals surface area (Å²) in [4.78, 5) is 24.5. The first-order chi connectivity index (χ1) is 11.0. The van der Waals surface area contributed by atoms with Crippen LogP contribution in [-0.4, -0.2) is 36.4 Å². The number of nitrogens with zero attached hydrogens (tertiary/aromatic N) is 2. The number of nitro groups is 1. The molecule has 8 heteroatoms. The van der Waals surface area contributed by atoms with Crippen molar-refractivity contribution in [2.75, 3.05) is 26.0 Å². The van der Waals surface area contributed by atoms with Crippen LogP contribution in [0.15, 0.2) is 35.0 Å². The minimum Gasteiger partial charge on any atom is -0.496 e. The molecule has 0 spiro atoms. The first-order valence-corrected chi connectivity index (χ1v) is 7.75. The van der Waals surface area contributed by atoms with E-state index in [9.17, 15) is 14.9 Å². The molecule has 0 saturated heterocycles. The third kappa shape index (κ3) is 4.76. The second-order valence-corrected chi connectivity index (χ2v) is 5.77. The Morgan fingerprint density at radius 2 is 2.22 bits per heavy atom. The molecule has 2 rings (SSSR count). The maximum absolute atomic E-state index is 12.1. The highest BCUT2D eigenvalue weighted by molar-refractivity contribution is 7.07. The molecule has 1 amide bonds. The predicted octanol–water partition coefficient (Wildman–Crippen LogP) is 2.74. The second-order valence-electron chi connectivity index (χ2n) is 4.99. The Bertz CT molecular complexity index is 688. The lowest BCUT2D eigenvalue weighted by Crippen LogP contribution is -2.29. The van der Waals surface area contributed by atoms with E-state index < -0.39 is 4.92 Å². The molecule has 122 valence electrons. The van der Waals surface area contributed by atoms with Crippen molar-refractivity contribution in [3.63, 3.8) is 0 Å². The number of anilines is 1. The van der Waals surface area contributed by atoms with Gasteiger partial charge in [0.05, 0.1) is 24.6 Å². The van der Waals surface area contributed by atoms with Gasteiger partial charge in [-0.05, 0) is 41.6 Å². The van der Waals surface area contributed by atoms with Crippen LogP contribution in [0, 0.1) is 10.1 Å². The summed E-state index contributed by atoms with van der Waals surface area (Å²) in [5.74, 6) is 0.0558. The van der Waals surface area contributed by atoms with E-state index in [-0.39, 0.29) is 23.8 Å². The fourth-order valence-electron chi connectivity index (χ4n) is 2.08. The molecule has 1 heterocycles. The summed E-state index contributed by atoms with van der Waals surface area (Å²) in [7, 11) is 3.25.